The number of carboxylic acids is 2. The number of hydrogen-bond donors (Lipinski definition) is 3. The lowest BCUT2D eigenvalue weighted by Gasteiger charge is -2.40. The van der Waals surface area contributed by atoms with Crippen LogP contribution in [0.15, 0.2) is 66.7 Å². The summed E-state index contributed by atoms with van der Waals surface area (Å²) in [5, 5.41) is 16.4. The van der Waals surface area contributed by atoms with E-state index in [1.54, 1.807) is 0 Å². The van der Waals surface area contributed by atoms with Crippen LogP contribution in [0.1, 0.15) is 55.7 Å². The fourth-order valence-electron chi connectivity index (χ4n) is 4.81. The first-order chi connectivity index (χ1) is 19.6. The minimum Gasteiger partial charge on any atom is -0.478 e. The lowest BCUT2D eigenvalue weighted by atomic mass is 9.96. The number of unbranched alkanes of at least 4 members (excludes halogenated alkanes) is 3. The van der Waals surface area contributed by atoms with Gasteiger partial charge in [0.05, 0.1) is 11.8 Å². The van der Waals surface area contributed by atoms with Crippen molar-refractivity contribution < 1.29 is 28.2 Å². The lowest BCUT2D eigenvalue weighted by Crippen LogP contribution is -2.48. The third-order valence-corrected chi connectivity index (χ3v) is 8.73. The van der Waals surface area contributed by atoms with Crippen molar-refractivity contribution in [3.05, 3.63) is 82.9 Å². The fraction of sp³-hybridized carbons (Fsp3) is 0.467. The van der Waals surface area contributed by atoms with E-state index in [0.29, 0.717) is 12.2 Å². The van der Waals surface area contributed by atoms with E-state index in [2.05, 4.69) is 57.0 Å². The first kappa shape index (κ1) is 32.8. The maximum absolute atomic E-state index is 11.9. The quantitative estimate of drug-likeness (QED) is 0.214. The van der Waals surface area contributed by atoms with Crippen molar-refractivity contribution in [1.82, 2.24) is 14.5 Å². The minimum atomic E-state index is -3.06. The zero-order chi connectivity index (χ0) is 29.7. The highest BCUT2D eigenvalue weighted by Gasteiger charge is 2.27. The summed E-state index contributed by atoms with van der Waals surface area (Å²) in [5.41, 5.74) is 2.55. The smallest absolute Gasteiger partial charge is 0.328 e. The molecule has 41 heavy (non-hydrogen) atoms. The Bertz CT molecular complexity index is 1230. The molecule has 0 spiro atoms. The van der Waals surface area contributed by atoms with Crippen molar-refractivity contribution in [2.45, 2.75) is 50.6 Å². The first-order valence-electron chi connectivity index (χ1n) is 14.0. The second-order valence-corrected chi connectivity index (χ2v) is 12.7. The van der Waals surface area contributed by atoms with Crippen molar-refractivity contribution in [3.63, 3.8) is 0 Å². The molecule has 1 atom stereocenters. The number of rotatable bonds is 14. The van der Waals surface area contributed by atoms with Gasteiger partial charge < -0.3 is 15.1 Å². The van der Waals surface area contributed by atoms with Crippen molar-refractivity contribution in [1.29, 1.82) is 0 Å². The molecule has 0 bridgehead atoms. The van der Waals surface area contributed by atoms with Gasteiger partial charge in [-0.1, -0.05) is 66.9 Å². The molecule has 1 saturated heterocycles. The van der Waals surface area contributed by atoms with Gasteiger partial charge in [-0.05, 0) is 55.5 Å². The zero-order valence-corrected chi connectivity index (χ0v) is 24.8. The van der Waals surface area contributed by atoms with E-state index in [1.807, 2.05) is 12.1 Å². The summed E-state index contributed by atoms with van der Waals surface area (Å²) in [6.07, 6.45) is 7.07. The maximum atomic E-state index is 11.9. The molecule has 0 radical (unpaired) electrons. The second kappa shape index (κ2) is 16.6. The SMILES string of the molecule is O=C(O)C=CC(=O)O.O=S(=O)(CCCCCCN1CCN(C(c2ccccc2)c2cccc(Cl)c2)CC1)NC1CC1. The summed E-state index contributed by atoms with van der Waals surface area (Å²) >= 11 is 6.32. The van der Waals surface area contributed by atoms with Gasteiger partial charge in [0, 0.05) is 49.4 Å². The van der Waals surface area contributed by atoms with Crippen LogP contribution >= 0.6 is 11.6 Å². The highest BCUT2D eigenvalue weighted by Crippen LogP contribution is 2.31. The Labute approximate surface area is 247 Å². The van der Waals surface area contributed by atoms with E-state index in [-0.39, 0.29) is 17.8 Å². The van der Waals surface area contributed by atoms with Crippen LogP contribution in [0.25, 0.3) is 0 Å². The van der Waals surface area contributed by atoms with Gasteiger partial charge in [0.2, 0.25) is 10.0 Å². The van der Waals surface area contributed by atoms with Crippen LogP contribution in [0.4, 0.5) is 0 Å². The summed E-state index contributed by atoms with van der Waals surface area (Å²) < 4.78 is 26.6. The monoisotopic (exact) mass is 605 g/mol. The van der Waals surface area contributed by atoms with Crippen LogP contribution in [0, 0.1) is 0 Å². The predicted molar refractivity (Wildman–Crippen MR) is 161 cm³/mol. The van der Waals surface area contributed by atoms with Crippen molar-refractivity contribution in [3.8, 4) is 0 Å². The fourth-order valence-corrected chi connectivity index (χ4v) is 6.45. The summed E-state index contributed by atoms with van der Waals surface area (Å²) in [6.45, 7) is 5.26. The molecule has 1 aliphatic heterocycles. The molecule has 2 aromatic rings. The summed E-state index contributed by atoms with van der Waals surface area (Å²) in [4.78, 5) is 24.2. The normalized spacial score (nSPS) is 17.1. The van der Waals surface area contributed by atoms with E-state index >= 15 is 0 Å². The molecule has 1 unspecified atom stereocenters. The molecule has 2 aliphatic rings. The van der Waals surface area contributed by atoms with E-state index in [1.165, 1.54) is 11.1 Å². The van der Waals surface area contributed by atoms with Gasteiger partial charge in [0.15, 0.2) is 0 Å². The molecule has 1 heterocycles. The molecule has 11 heteroatoms. The van der Waals surface area contributed by atoms with Crippen LogP contribution in [-0.2, 0) is 19.6 Å². The largest absolute Gasteiger partial charge is 0.478 e. The van der Waals surface area contributed by atoms with Crippen LogP contribution in [0.3, 0.4) is 0 Å². The van der Waals surface area contributed by atoms with Gasteiger partial charge >= 0.3 is 11.9 Å². The Hall–Kier alpha value is -2.76. The Balaban J connectivity index is 0.000000507. The predicted octanol–water partition coefficient (Wildman–Crippen LogP) is 4.40. The molecule has 1 saturated carbocycles. The van der Waals surface area contributed by atoms with Crippen molar-refractivity contribution in [2.24, 2.45) is 0 Å². The first-order valence-corrected chi connectivity index (χ1v) is 16.1. The highest BCUT2D eigenvalue weighted by molar-refractivity contribution is 7.89. The van der Waals surface area contributed by atoms with Crippen molar-refractivity contribution in [2.75, 3.05) is 38.5 Å². The number of halogens is 1. The van der Waals surface area contributed by atoms with Crippen LogP contribution < -0.4 is 4.72 Å². The van der Waals surface area contributed by atoms with Gasteiger partial charge in [-0.15, -0.1) is 0 Å². The summed E-state index contributed by atoms with van der Waals surface area (Å²) in [5.74, 6) is -2.24. The number of carbonyl (C=O) groups is 2. The zero-order valence-electron chi connectivity index (χ0n) is 23.2. The number of hydrogen-bond acceptors (Lipinski definition) is 6. The Morgan fingerprint density at radius 3 is 2.07 bits per heavy atom. The number of nitrogens with zero attached hydrogens (tertiary/aromatic N) is 2. The molecule has 0 aromatic heterocycles. The average Bonchev–Trinajstić information content (AvgIpc) is 3.75. The maximum Gasteiger partial charge on any atom is 0.328 e. The molecule has 9 nitrogen and oxygen atoms in total. The topological polar surface area (TPSA) is 127 Å². The molecule has 224 valence electrons. The van der Waals surface area contributed by atoms with E-state index in [4.69, 9.17) is 21.8 Å². The molecule has 4 rings (SSSR count). The molecule has 0 amide bonds. The van der Waals surface area contributed by atoms with Crippen LogP contribution in [0.2, 0.25) is 5.02 Å². The highest BCUT2D eigenvalue weighted by atomic mass is 35.5. The number of nitrogens with one attached hydrogen (secondary N) is 1. The molecular formula is C30H40ClN3O6S. The molecule has 1 aliphatic carbocycles. The Morgan fingerprint density at radius 2 is 1.49 bits per heavy atom. The summed E-state index contributed by atoms with van der Waals surface area (Å²) in [7, 11) is -3.06. The number of benzene rings is 2. The molecule has 2 fully saturated rings. The van der Waals surface area contributed by atoms with Crippen LogP contribution in [-0.4, -0.2) is 84.9 Å². The molecule has 3 N–H and O–H groups in total. The standard InChI is InChI=1S/C26H36ClN3O2S.C4H4O4/c27-24-12-8-11-23(21-24)26(22-9-4-3-5-10-22)30-18-16-29(17-19-30)15-6-1-2-7-20-33(31,32)28-25-13-14-25;5-3(6)1-2-4(7)8/h3-5,8-12,21,25-26,28H,1-2,6-7,13-20H2;1-2H,(H,5,6)(H,7,8). The Kier molecular flexibility index (Phi) is 13.3. The number of carboxylic acid groups (broad SMARTS) is 2. The average molecular weight is 606 g/mol. The van der Waals surface area contributed by atoms with Crippen molar-refractivity contribution >= 4 is 33.6 Å². The minimum absolute atomic E-state index is 0.217. The summed E-state index contributed by atoms with van der Waals surface area (Å²) in [6, 6.07) is 19.4. The van der Waals surface area contributed by atoms with Gasteiger partial charge in [-0.25, -0.2) is 22.7 Å². The van der Waals surface area contributed by atoms with Crippen LogP contribution in [0.5, 0.6) is 0 Å². The van der Waals surface area contributed by atoms with Gasteiger partial charge in [0.25, 0.3) is 0 Å². The molecule has 2 aromatic carbocycles. The lowest BCUT2D eigenvalue weighted by molar-refractivity contribution is -0.134. The Morgan fingerprint density at radius 1 is 0.878 bits per heavy atom. The van der Waals surface area contributed by atoms with E-state index in [9.17, 15) is 18.0 Å². The van der Waals surface area contributed by atoms with Gasteiger partial charge in [0.1, 0.15) is 0 Å². The van der Waals surface area contributed by atoms with Gasteiger partial charge in [-0.2, -0.15) is 0 Å². The van der Waals surface area contributed by atoms with E-state index in [0.717, 1.165) is 76.3 Å². The number of aliphatic carboxylic acids is 2. The van der Waals surface area contributed by atoms with Gasteiger partial charge in [-0.3, -0.25) is 4.90 Å². The third-order valence-electron chi connectivity index (χ3n) is 6.98. The second-order valence-electron chi connectivity index (χ2n) is 10.4. The number of sulfonamides is 1. The molecular weight excluding hydrogens is 566 g/mol. The third kappa shape index (κ3) is 12.7. The van der Waals surface area contributed by atoms with E-state index < -0.39 is 22.0 Å². The number of piperazine rings is 1.